The Hall–Kier alpha value is -0.160. The third-order valence-corrected chi connectivity index (χ3v) is 8.71. The predicted molar refractivity (Wildman–Crippen MR) is 148 cm³/mol. The van der Waals surface area contributed by atoms with Crippen molar-refractivity contribution in [2.45, 2.75) is 147 Å². The number of hydrogen-bond acceptors (Lipinski definition) is 5. The molecule has 1 N–H and O–H groups in total. The normalized spacial score (nSPS) is 15.3. The summed E-state index contributed by atoms with van der Waals surface area (Å²) in [7, 11) is -1.10. The molecule has 7 heteroatoms. The second-order valence-corrected chi connectivity index (χ2v) is 11.9. The molecule has 0 aromatic rings. The first-order valence-corrected chi connectivity index (χ1v) is 15.9. The average Bonchev–Trinajstić information content (AvgIpc) is 2.83. The molecule has 0 rings (SSSR count). The van der Waals surface area contributed by atoms with Gasteiger partial charge in [0.25, 0.3) is 0 Å². The molecule has 0 radical (unpaired) electrons. The van der Waals surface area contributed by atoms with Gasteiger partial charge in [0.15, 0.2) is 0 Å². The highest BCUT2D eigenvalue weighted by Crippen LogP contribution is 2.30. The molecule has 0 saturated heterocycles. The van der Waals surface area contributed by atoms with Crippen molar-refractivity contribution < 1.29 is 23.9 Å². The third-order valence-electron chi connectivity index (χ3n) is 6.31. The molecule has 5 nitrogen and oxygen atoms in total. The summed E-state index contributed by atoms with van der Waals surface area (Å²) >= 11 is 1.96. The van der Waals surface area contributed by atoms with E-state index in [1.165, 1.54) is 89.9 Å². The van der Waals surface area contributed by atoms with Crippen LogP contribution in [0.4, 0.5) is 0 Å². The smallest absolute Gasteiger partial charge is 0.390 e. The van der Waals surface area contributed by atoms with Gasteiger partial charge >= 0.3 is 19.8 Å². The zero-order valence-corrected chi connectivity index (χ0v) is 24.4. The van der Waals surface area contributed by atoms with E-state index in [0.717, 1.165) is 12.2 Å². The van der Waals surface area contributed by atoms with Crippen molar-refractivity contribution in [3.05, 3.63) is 0 Å². The van der Waals surface area contributed by atoms with Crippen LogP contribution in [-0.4, -0.2) is 46.7 Å². The maximum atomic E-state index is 11.8. The summed E-state index contributed by atoms with van der Waals surface area (Å²) in [5.74, 6) is -0.0944. The Morgan fingerprint density at radius 1 is 0.853 bits per heavy atom. The first-order valence-electron chi connectivity index (χ1n) is 14.0. The zero-order chi connectivity index (χ0) is 25.5. The molecule has 0 aliphatic heterocycles. The van der Waals surface area contributed by atoms with Gasteiger partial charge in [0.2, 0.25) is 0 Å². The van der Waals surface area contributed by atoms with Crippen LogP contribution in [0, 0.1) is 0 Å². The number of carboxylic acid groups (broad SMARTS) is 1. The van der Waals surface area contributed by atoms with E-state index < -0.39 is 19.8 Å². The fourth-order valence-electron chi connectivity index (χ4n) is 3.95. The first-order chi connectivity index (χ1) is 16.5. The number of aliphatic carboxylic acids is 1. The van der Waals surface area contributed by atoms with Gasteiger partial charge in [-0.2, -0.15) is 11.8 Å². The Labute approximate surface area is 216 Å². The molecule has 0 amide bonds. The largest absolute Gasteiger partial charge is 0.476 e. The van der Waals surface area contributed by atoms with E-state index in [9.17, 15) is 14.5 Å². The standard InChI is InChI=1S/C27H53O5PS/c1-5-8-10-12-13-14-15-17-19-22-34-25(20-18-16-11-9-6-2)24(4)31-23-27(33-30,26(28)29)32-21-7-3/h24-25H,5-23H2,1-4H3,(H,28,29)/p+1. The second-order valence-electron chi connectivity index (χ2n) is 9.54. The molecule has 4 unspecified atom stereocenters. The molecular weight excluding hydrogens is 467 g/mol. The van der Waals surface area contributed by atoms with Gasteiger partial charge in [0.05, 0.1) is 12.7 Å². The Bertz CT molecular complexity index is 494. The van der Waals surface area contributed by atoms with Gasteiger partial charge in [-0.15, -0.1) is 0 Å². The van der Waals surface area contributed by atoms with E-state index in [2.05, 4.69) is 13.8 Å². The summed E-state index contributed by atoms with van der Waals surface area (Å²) in [6.07, 6.45) is 19.8. The van der Waals surface area contributed by atoms with Gasteiger partial charge in [0.1, 0.15) is 6.61 Å². The maximum absolute atomic E-state index is 11.8. The minimum Gasteiger partial charge on any atom is -0.476 e. The molecule has 0 bridgehead atoms. The molecule has 0 aliphatic carbocycles. The van der Waals surface area contributed by atoms with Gasteiger partial charge in [-0.25, -0.2) is 4.79 Å². The van der Waals surface area contributed by atoms with Crippen molar-refractivity contribution in [1.29, 1.82) is 0 Å². The highest BCUT2D eigenvalue weighted by atomic mass is 32.2. The molecular formula is C27H54O5PS+. The van der Waals surface area contributed by atoms with Crippen molar-refractivity contribution in [3.8, 4) is 0 Å². The van der Waals surface area contributed by atoms with Crippen LogP contribution in [0.25, 0.3) is 0 Å². The molecule has 0 saturated carbocycles. The molecule has 34 heavy (non-hydrogen) atoms. The molecule has 0 spiro atoms. The van der Waals surface area contributed by atoms with Crippen LogP contribution in [0.3, 0.4) is 0 Å². The summed E-state index contributed by atoms with van der Waals surface area (Å²) in [6, 6.07) is 0. The molecule has 4 atom stereocenters. The SMILES string of the molecule is CCCCCCCCCCCSC(CCCCCCC)C(C)OCC(OCCC)([PH+]=O)C(=O)O. The molecule has 0 aromatic carbocycles. The maximum Gasteiger partial charge on any atom is 0.390 e. The second kappa shape index (κ2) is 23.3. The van der Waals surface area contributed by atoms with Gasteiger partial charge < -0.3 is 14.6 Å². The summed E-state index contributed by atoms with van der Waals surface area (Å²) in [4.78, 5) is 11.8. The fourth-order valence-corrected chi connectivity index (χ4v) is 5.70. The van der Waals surface area contributed by atoms with Crippen molar-refractivity contribution in [2.75, 3.05) is 19.0 Å². The number of thioether (sulfide) groups is 1. The molecule has 0 fully saturated rings. The Balaban J connectivity index is 4.57. The highest BCUT2D eigenvalue weighted by molar-refractivity contribution is 7.99. The Kier molecular flexibility index (Phi) is 23.1. The van der Waals surface area contributed by atoms with Gasteiger partial charge in [-0.1, -0.05) is 109 Å². The van der Waals surface area contributed by atoms with Crippen LogP contribution in [0.15, 0.2) is 0 Å². The van der Waals surface area contributed by atoms with Crippen LogP contribution < -0.4 is 0 Å². The van der Waals surface area contributed by atoms with Crippen LogP contribution in [0.1, 0.15) is 130 Å². The van der Waals surface area contributed by atoms with Crippen LogP contribution >= 0.6 is 20.2 Å². The predicted octanol–water partition coefficient (Wildman–Crippen LogP) is 8.62. The summed E-state index contributed by atoms with van der Waals surface area (Å²) in [6.45, 7) is 8.51. The molecule has 202 valence electrons. The van der Waals surface area contributed by atoms with Crippen molar-refractivity contribution in [3.63, 3.8) is 0 Å². The molecule has 0 aromatic heterocycles. The Morgan fingerprint density at radius 3 is 1.88 bits per heavy atom. The van der Waals surface area contributed by atoms with Crippen molar-refractivity contribution >= 4 is 26.2 Å². The van der Waals surface area contributed by atoms with Gasteiger partial charge in [-0.05, 0) is 31.9 Å². The molecule has 0 heterocycles. The monoisotopic (exact) mass is 521 g/mol. The summed E-state index contributed by atoms with van der Waals surface area (Å²) in [5, 5.41) is 8.20. The number of ether oxygens (including phenoxy) is 2. The lowest BCUT2D eigenvalue weighted by atomic mass is 10.1. The number of hydrogen-bond donors (Lipinski definition) is 1. The lowest BCUT2D eigenvalue weighted by Crippen LogP contribution is -2.43. The van der Waals surface area contributed by atoms with Crippen LogP contribution in [0.5, 0.6) is 0 Å². The van der Waals surface area contributed by atoms with E-state index >= 15 is 0 Å². The highest BCUT2D eigenvalue weighted by Gasteiger charge is 2.50. The molecule has 0 aliphatic rings. The van der Waals surface area contributed by atoms with E-state index in [1.54, 1.807) is 0 Å². The van der Waals surface area contributed by atoms with Crippen LogP contribution in [-0.2, 0) is 18.8 Å². The quantitative estimate of drug-likeness (QED) is 0.0907. The fraction of sp³-hybridized carbons (Fsp3) is 0.963. The average molecular weight is 522 g/mol. The van der Waals surface area contributed by atoms with Crippen LogP contribution in [0.2, 0.25) is 0 Å². The van der Waals surface area contributed by atoms with Crippen molar-refractivity contribution in [2.24, 2.45) is 0 Å². The minimum atomic E-state index is -1.75. The third kappa shape index (κ3) is 16.5. The van der Waals surface area contributed by atoms with E-state index in [0.29, 0.717) is 11.7 Å². The summed E-state index contributed by atoms with van der Waals surface area (Å²) < 4.78 is 23.3. The number of unbranched alkanes of at least 4 members (excludes halogenated alkanes) is 12. The minimum absolute atomic E-state index is 0.102. The zero-order valence-electron chi connectivity index (χ0n) is 22.6. The summed E-state index contributed by atoms with van der Waals surface area (Å²) in [5.41, 5.74) is 0. The lowest BCUT2D eigenvalue weighted by Gasteiger charge is -2.26. The van der Waals surface area contributed by atoms with Gasteiger partial charge in [0, 0.05) is 5.25 Å². The van der Waals surface area contributed by atoms with E-state index in [1.807, 2.05) is 25.6 Å². The lowest BCUT2D eigenvalue weighted by molar-refractivity contribution is -0.162. The van der Waals surface area contributed by atoms with E-state index in [4.69, 9.17) is 9.47 Å². The Morgan fingerprint density at radius 2 is 1.38 bits per heavy atom. The van der Waals surface area contributed by atoms with E-state index in [-0.39, 0.29) is 19.3 Å². The first kappa shape index (κ1) is 33.8. The number of carboxylic acids is 1. The topological polar surface area (TPSA) is 72.8 Å². The van der Waals surface area contributed by atoms with Gasteiger partial charge in [-0.3, -0.25) is 0 Å². The number of rotatable bonds is 26. The van der Waals surface area contributed by atoms with Crippen molar-refractivity contribution in [1.82, 2.24) is 0 Å². The number of carbonyl (C=O) groups is 1.